The van der Waals surface area contributed by atoms with Crippen molar-refractivity contribution in [2.45, 2.75) is 33.4 Å². The molecule has 0 aliphatic rings. The fourth-order valence-corrected chi connectivity index (χ4v) is 2.04. The molecule has 0 unspecified atom stereocenters. The van der Waals surface area contributed by atoms with Gasteiger partial charge in [-0.3, -0.25) is 9.69 Å². The number of hydrogen-bond donors (Lipinski definition) is 1. The number of rotatable bonds is 6. The summed E-state index contributed by atoms with van der Waals surface area (Å²) in [6.45, 7) is 6.82. The smallest absolute Gasteiger partial charge is 0.231 e. The average Bonchev–Trinajstić information content (AvgIpc) is 2.87. The van der Waals surface area contributed by atoms with Gasteiger partial charge in [0.1, 0.15) is 6.26 Å². The number of amides is 1. The summed E-state index contributed by atoms with van der Waals surface area (Å²) in [5.74, 6) is 0.249. The second kappa shape index (κ2) is 6.54. The number of nitrogens with zero attached hydrogens (tertiary/aromatic N) is 2. The van der Waals surface area contributed by atoms with Gasteiger partial charge in [-0.25, -0.2) is 4.98 Å². The summed E-state index contributed by atoms with van der Waals surface area (Å²) in [7, 11) is 0. The van der Waals surface area contributed by atoms with Crippen LogP contribution in [0.1, 0.15) is 25.1 Å². The first-order valence-electron chi connectivity index (χ1n) is 6.99. The third-order valence-electron chi connectivity index (χ3n) is 3.30. The highest BCUT2D eigenvalue weighted by Gasteiger charge is 2.15. The summed E-state index contributed by atoms with van der Waals surface area (Å²) in [5, 5.41) is 0. The molecular weight excluding hydrogens is 266 g/mol. The van der Waals surface area contributed by atoms with Crippen LogP contribution in [0.4, 0.5) is 0 Å². The van der Waals surface area contributed by atoms with Crippen LogP contribution in [0.15, 0.2) is 34.9 Å². The van der Waals surface area contributed by atoms with Gasteiger partial charge in [-0.05, 0) is 32.9 Å². The van der Waals surface area contributed by atoms with Crippen molar-refractivity contribution >= 4 is 5.91 Å². The zero-order valence-corrected chi connectivity index (χ0v) is 12.7. The highest BCUT2D eigenvalue weighted by atomic mass is 16.3. The third kappa shape index (κ3) is 4.16. The van der Waals surface area contributed by atoms with E-state index < -0.39 is 0 Å². The summed E-state index contributed by atoms with van der Waals surface area (Å²) in [6, 6.07) is 8.21. The van der Waals surface area contributed by atoms with Crippen LogP contribution in [0.2, 0.25) is 0 Å². The number of carbonyl (C=O) groups excluding carboxylic acids is 1. The van der Waals surface area contributed by atoms with Crippen molar-refractivity contribution in [3.63, 3.8) is 0 Å². The molecule has 1 amide bonds. The minimum atomic E-state index is -0.342. The molecule has 0 aliphatic heterocycles. The lowest BCUT2D eigenvalue weighted by Gasteiger charge is -2.23. The number of nitrogens with two attached hydrogens (primary N) is 1. The van der Waals surface area contributed by atoms with E-state index in [9.17, 15) is 4.79 Å². The molecule has 1 aromatic carbocycles. The van der Waals surface area contributed by atoms with Gasteiger partial charge < -0.3 is 10.2 Å². The lowest BCUT2D eigenvalue weighted by molar-refractivity contribution is -0.119. The standard InChI is InChI=1S/C16H21N3O2/c1-11(2)19(9-15(17)20)8-14-10-21-16(18-14)13-6-4-12(3)5-7-13/h4-7,10-11H,8-9H2,1-3H3,(H2,17,20). The number of primary amides is 1. The molecule has 2 N–H and O–H groups in total. The highest BCUT2D eigenvalue weighted by Crippen LogP contribution is 2.20. The first-order valence-corrected chi connectivity index (χ1v) is 6.99. The number of aryl methyl sites for hydroxylation is 1. The van der Waals surface area contributed by atoms with Crippen molar-refractivity contribution in [2.24, 2.45) is 5.73 Å². The molecule has 0 bridgehead atoms. The van der Waals surface area contributed by atoms with Crippen LogP contribution in [-0.4, -0.2) is 28.4 Å². The second-order valence-corrected chi connectivity index (χ2v) is 5.48. The van der Waals surface area contributed by atoms with Crippen LogP contribution in [-0.2, 0) is 11.3 Å². The number of hydrogen-bond acceptors (Lipinski definition) is 4. The Morgan fingerprint density at radius 1 is 1.33 bits per heavy atom. The van der Waals surface area contributed by atoms with Gasteiger partial charge in [0.25, 0.3) is 0 Å². The van der Waals surface area contributed by atoms with E-state index in [1.165, 1.54) is 5.56 Å². The van der Waals surface area contributed by atoms with Crippen molar-refractivity contribution in [3.8, 4) is 11.5 Å². The maximum absolute atomic E-state index is 11.1. The number of aromatic nitrogens is 1. The number of oxazole rings is 1. The summed E-state index contributed by atoms with van der Waals surface area (Å²) in [4.78, 5) is 17.5. The SMILES string of the molecule is Cc1ccc(-c2nc(CN(CC(N)=O)C(C)C)co2)cc1. The molecule has 0 fully saturated rings. The van der Waals surface area contributed by atoms with Crippen molar-refractivity contribution < 1.29 is 9.21 Å². The van der Waals surface area contributed by atoms with Gasteiger partial charge in [-0.2, -0.15) is 0 Å². The predicted octanol–water partition coefficient (Wildman–Crippen LogP) is 2.35. The van der Waals surface area contributed by atoms with Gasteiger partial charge >= 0.3 is 0 Å². The Balaban J connectivity index is 2.11. The fraction of sp³-hybridized carbons (Fsp3) is 0.375. The minimum absolute atomic E-state index is 0.206. The molecule has 0 aliphatic carbocycles. The molecular formula is C16H21N3O2. The van der Waals surface area contributed by atoms with E-state index in [0.717, 1.165) is 11.3 Å². The van der Waals surface area contributed by atoms with E-state index in [4.69, 9.17) is 10.2 Å². The highest BCUT2D eigenvalue weighted by molar-refractivity contribution is 5.75. The van der Waals surface area contributed by atoms with Gasteiger partial charge in [0, 0.05) is 18.2 Å². The Kier molecular flexibility index (Phi) is 4.75. The Morgan fingerprint density at radius 2 is 2.00 bits per heavy atom. The molecule has 0 saturated carbocycles. The molecule has 0 radical (unpaired) electrons. The maximum atomic E-state index is 11.1. The predicted molar refractivity (Wildman–Crippen MR) is 81.4 cm³/mol. The molecule has 5 heteroatoms. The van der Waals surface area contributed by atoms with E-state index in [0.29, 0.717) is 12.4 Å². The molecule has 0 saturated heterocycles. The quantitative estimate of drug-likeness (QED) is 0.885. The Hall–Kier alpha value is -2.14. The van der Waals surface area contributed by atoms with E-state index in [1.807, 2.05) is 49.9 Å². The zero-order valence-electron chi connectivity index (χ0n) is 12.7. The van der Waals surface area contributed by atoms with Crippen molar-refractivity contribution in [1.29, 1.82) is 0 Å². The molecule has 112 valence electrons. The monoisotopic (exact) mass is 287 g/mol. The van der Waals surface area contributed by atoms with Gasteiger partial charge in [0.2, 0.25) is 11.8 Å². The van der Waals surface area contributed by atoms with Crippen LogP contribution in [0.25, 0.3) is 11.5 Å². The molecule has 0 atom stereocenters. The molecule has 2 aromatic rings. The first kappa shape index (κ1) is 15.3. The first-order chi connectivity index (χ1) is 9.95. The van der Waals surface area contributed by atoms with E-state index >= 15 is 0 Å². The van der Waals surface area contributed by atoms with Crippen molar-refractivity contribution in [3.05, 3.63) is 41.8 Å². The van der Waals surface area contributed by atoms with Gasteiger partial charge in [-0.15, -0.1) is 0 Å². The lowest BCUT2D eigenvalue weighted by atomic mass is 10.1. The maximum Gasteiger partial charge on any atom is 0.231 e. The molecule has 21 heavy (non-hydrogen) atoms. The molecule has 5 nitrogen and oxygen atoms in total. The number of carbonyl (C=O) groups is 1. The van der Waals surface area contributed by atoms with E-state index in [2.05, 4.69) is 4.98 Å². The van der Waals surface area contributed by atoms with E-state index in [-0.39, 0.29) is 18.5 Å². The largest absolute Gasteiger partial charge is 0.444 e. The Morgan fingerprint density at radius 3 is 2.57 bits per heavy atom. The minimum Gasteiger partial charge on any atom is -0.444 e. The van der Waals surface area contributed by atoms with Crippen LogP contribution >= 0.6 is 0 Å². The molecule has 0 spiro atoms. The average molecular weight is 287 g/mol. The molecule has 2 rings (SSSR count). The Labute approximate surface area is 124 Å². The van der Waals surface area contributed by atoms with Crippen LogP contribution in [0, 0.1) is 6.92 Å². The van der Waals surface area contributed by atoms with Crippen molar-refractivity contribution in [2.75, 3.05) is 6.54 Å². The van der Waals surface area contributed by atoms with E-state index in [1.54, 1.807) is 6.26 Å². The zero-order chi connectivity index (χ0) is 15.4. The lowest BCUT2D eigenvalue weighted by Crippen LogP contribution is -2.38. The normalized spacial score (nSPS) is 11.3. The summed E-state index contributed by atoms with van der Waals surface area (Å²) >= 11 is 0. The van der Waals surface area contributed by atoms with Gasteiger partial charge in [-0.1, -0.05) is 17.7 Å². The van der Waals surface area contributed by atoms with Crippen LogP contribution in [0.5, 0.6) is 0 Å². The fourth-order valence-electron chi connectivity index (χ4n) is 2.04. The summed E-state index contributed by atoms with van der Waals surface area (Å²) in [5.41, 5.74) is 8.20. The van der Waals surface area contributed by atoms with Crippen LogP contribution < -0.4 is 5.73 Å². The summed E-state index contributed by atoms with van der Waals surface area (Å²) < 4.78 is 5.52. The second-order valence-electron chi connectivity index (χ2n) is 5.48. The van der Waals surface area contributed by atoms with Gasteiger partial charge in [0.15, 0.2) is 0 Å². The molecule has 1 heterocycles. The van der Waals surface area contributed by atoms with Crippen LogP contribution in [0.3, 0.4) is 0 Å². The Bertz CT molecular complexity index is 602. The summed E-state index contributed by atoms with van der Waals surface area (Å²) in [6.07, 6.45) is 1.63. The molecule has 1 aromatic heterocycles. The van der Waals surface area contributed by atoms with Crippen molar-refractivity contribution in [1.82, 2.24) is 9.88 Å². The third-order valence-corrected chi connectivity index (χ3v) is 3.30. The topological polar surface area (TPSA) is 72.4 Å². The van der Waals surface area contributed by atoms with Gasteiger partial charge in [0.05, 0.1) is 12.2 Å². The number of benzene rings is 1.